The summed E-state index contributed by atoms with van der Waals surface area (Å²) in [6.07, 6.45) is 0. The molecule has 2 aromatic carbocycles. The predicted octanol–water partition coefficient (Wildman–Crippen LogP) is 4.56. The van der Waals surface area contributed by atoms with Crippen LogP contribution >= 0.6 is 15.9 Å². The summed E-state index contributed by atoms with van der Waals surface area (Å²) in [5.74, 6) is -0.143. The van der Waals surface area contributed by atoms with Gasteiger partial charge >= 0.3 is 0 Å². The summed E-state index contributed by atoms with van der Waals surface area (Å²) in [6, 6.07) is 17.0. The van der Waals surface area contributed by atoms with Crippen LogP contribution in [-0.2, 0) is 0 Å². The fourth-order valence-electron chi connectivity index (χ4n) is 2.20. The summed E-state index contributed by atoms with van der Waals surface area (Å²) >= 11 is 3.40. The summed E-state index contributed by atoms with van der Waals surface area (Å²) in [4.78, 5) is 16.9. The first-order valence-electron chi connectivity index (χ1n) is 6.57. The van der Waals surface area contributed by atoms with Gasteiger partial charge in [0.05, 0.1) is 16.8 Å². The highest BCUT2D eigenvalue weighted by atomic mass is 79.9. The Labute approximate surface area is 131 Å². The molecule has 0 bridgehead atoms. The first-order chi connectivity index (χ1) is 10.1. The van der Waals surface area contributed by atoms with E-state index in [4.69, 9.17) is 0 Å². The molecule has 0 radical (unpaired) electrons. The number of aryl methyl sites for hydroxylation is 1. The van der Waals surface area contributed by atoms with E-state index in [-0.39, 0.29) is 5.91 Å². The van der Waals surface area contributed by atoms with Gasteiger partial charge in [-0.1, -0.05) is 18.2 Å². The van der Waals surface area contributed by atoms with Gasteiger partial charge in [0, 0.05) is 15.6 Å². The smallest absolute Gasteiger partial charge is 0.256 e. The highest BCUT2D eigenvalue weighted by Crippen LogP contribution is 2.24. The molecule has 4 heteroatoms. The van der Waals surface area contributed by atoms with Gasteiger partial charge in [-0.25, -0.2) is 0 Å². The molecule has 0 saturated heterocycles. The first kappa shape index (κ1) is 13.8. The Morgan fingerprint density at radius 1 is 1.05 bits per heavy atom. The van der Waals surface area contributed by atoms with Crippen LogP contribution in [0.2, 0.25) is 0 Å². The summed E-state index contributed by atoms with van der Waals surface area (Å²) < 4.78 is 0.775. The second kappa shape index (κ2) is 5.66. The van der Waals surface area contributed by atoms with Crippen molar-refractivity contribution in [3.05, 3.63) is 70.3 Å². The van der Waals surface area contributed by atoms with Crippen LogP contribution in [0, 0.1) is 6.92 Å². The van der Waals surface area contributed by atoms with Crippen molar-refractivity contribution < 1.29 is 4.79 Å². The van der Waals surface area contributed by atoms with Gasteiger partial charge in [-0.15, -0.1) is 0 Å². The molecule has 0 fully saturated rings. The number of halogens is 1. The molecule has 0 aliphatic heterocycles. The van der Waals surface area contributed by atoms with Crippen LogP contribution in [0.25, 0.3) is 10.9 Å². The third-order valence-corrected chi connectivity index (χ3v) is 3.93. The zero-order chi connectivity index (χ0) is 14.8. The monoisotopic (exact) mass is 340 g/mol. The number of hydrogen-bond donors (Lipinski definition) is 1. The Bertz CT molecular complexity index is 830. The number of rotatable bonds is 2. The van der Waals surface area contributed by atoms with Crippen LogP contribution in [-0.4, -0.2) is 10.9 Å². The van der Waals surface area contributed by atoms with Gasteiger partial charge in [-0.05, 0) is 59.3 Å². The lowest BCUT2D eigenvalue weighted by molar-refractivity contribution is 0.102. The number of nitrogens with zero attached hydrogens (tertiary/aromatic N) is 1. The van der Waals surface area contributed by atoms with Gasteiger partial charge in [0.25, 0.3) is 5.91 Å². The van der Waals surface area contributed by atoms with E-state index in [1.165, 1.54) is 0 Å². The normalized spacial score (nSPS) is 10.6. The molecule has 21 heavy (non-hydrogen) atoms. The predicted molar refractivity (Wildman–Crippen MR) is 88.6 cm³/mol. The lowest BCUT2D eigenvalue weighted by atomic mass is 10.1. The zero-order valence-electron chi connectivity index (χ0n) is 11.4. The third kappa shape index (κ3) is 2.81. The average Bonchev–Trinajstić information content (AvgIpc) is 2.47. The molecular weight excluding hydrogens is 328 g/mol. The number of hydrogen-bond acceptors (Lipinski definition) is 2. The van der Waals surface area contributed by atoms with Crippen molar-refractivity contribution in [3.8, 4) is 0 Å². The molecule has 0 spiro atoms. The summed E-state index contributed by atoms with van der Waals surface area (Å²) in [5, 5.41) is 3.89. The number of amides is 1. The molecule has 3 rings (SSSR count). The van der Waals surface area contributed by atoms with Crippen LogP contribution in [0.5, 0.6) is 0 Å². The number of carbonyl (C=O) groups is 1. The number of pyridine rings is 1. The standard InChI is InChI=1S/C17H13BrN2O/c1-11-9-10-13-15(19-11)7-4-8-16(13)20-17(21)12-5-2-3-6-14(12)18/h2-10H,1H3,(H,20,21). The summed E-state index contributed by atoms with van der Waals surface area (Å²) in [7, 11) is 0. The van der Waals surface area contributed by atoms with Crippen molar-refractivity contribution in [2.24, 2.45) is 0 Å². The molecule has 104 valence electrons. The molecule has 0 unspecified atom stereocenters. The van der Waals surface area contributed by atoms with Gasteiger partial charge < -0.3 is 5.32 Å². The molecule has 1 N–H and O–H groups in total. The van der Waals surface area contributed by atoms with E-state index in [1.54, 1.807) is 6.07 Å². The van der Waals surface area contributed by atoms with E-state index in [2.05, 4.69) is 26.2 Å². The van der Waals surface area contributed by atoms with Crippen LogP contribution in [0.4, 0.5) is 5.69 Å². The van der Waals surface area contributed by atoms with Gasteiger partial charge in [-0.3, -0.25) is 9.78 Å². The van der Waals surface area contributed by atoms with Crippen molar-refractivity contribution in [1.29, 1.82) is 0 Å². The number of nitrogens with one attached hydrogen (secondary N) is 1. The van der Waals surface area contributed by atoms with Crippen LogP contribution in [0.3, 0.4) is 0 Å². The van der Waals surface area contributed by atoms with E-state index < -0.39 is 0 Å². The number of carbonyl (C=O) groups excluding carboxylic acids is 1. The van der Waals surface area contributed by atoms with Crippen LogP contribution in [0.1, 0.15) is 16.1 Å². The lowest BCUT2D eigenvalue weighted by Gasteiger charge is -2.09. The molecule has 3 nitrogen and oxygen atoms in total. The number of anilines is 1. The van der Waals surface area contributed by atoms with E-state index >= 15 is 0 Å². The molecule has 1 aromatic heterocycles. The highest BCUT2D eigenvalue weighted by molar-refractivity contribution is 9.10. The minimum atomic E-state index is -0.143. The van der Waals surface area contributed by atoms with E-state index in [0.29, 0.717) is 5.56 Å². The fraction of sp³-hybridized carbons (Fsp3) is 0.0588. The maximum absolute atomic E-state index is 12.4. The second-order valence-corrected chi connectivity index (χ2v) is 5.61. The summed E-state index contributed by atoms with van der Waals surface area (Å²) in [6.45, 7) is 1.95. The Kier molecular flexibility index (Phi) is 3.71. The number of benzene rings is 2. The third-order valence-electron chi connectivity index (χ3n) is 3.24. The zero-order valence-corrected chi connectivity index (χ0v) is 13.0. The quantitative estimate of drug-likeness (QED) is 0.743. The van der Waals surface area contributed by atoms with Crippen LogP contribution < -0.4 is 5.32 Å². The van der Waals surface area contributed by atoms with Crippen molar-refractivity contribution >= 4 is 38.4 Å². The highest BCUT2D eigenvalue weighted by Gasteiger charge is 2.11. The SMILES string of the molecule is Cc1ccc2c(NC(=O)c3ccccc3Br)cccc2n1. The number of aromatic nitrogens is 1. The van der Waals surface area contributed by atoms with E-state index in [9.17, 15) is 4.79 Å². The Morgan fingerprint density at radius 3 is 2.67 bits per heavy atom. The van der Waals surface area contributed by atoms with Gasteiger partial charge in [0.15, 0.2) is 0 Å². The molecule has 0 aliphatic rings. The molecule has 0 atom stereocenters. The van der Waals surface area contributed by atoms with Gasteiger partial charge in [0.2, 0.25) is 0 Å². The van der Waals surface area contributed by atoms with Crippen molar-refractivity contribution in [3.63, 3.8) is 0 Å². The van der Waals surface area contributed by atoms with Crippen molar-refractivity contribution in [2.75, 3.05) is 5.32 Å². The van der Waals surface area contributed by atoms with Crippen molar-refractivity contribution in [1.82, 2.24) is 4.98 Å². The molecule has 1 amide bonds. The minimum Gasteiger partial charge on any atom is -0.321 e. The first-order valence-corrected chi connectivity index (χ1v) is 7.37. The molecule has 1 heterocycles. The summed E-state index contributed by atoms with van der Waals surface area (Å²) in [5.41, 5.74) is 3.20. The second-order valence-electron chi connectivity index (χ2n) is 4.76. The largest absolute Gasteiger partial charge is 0.321 e. The minimum absolute atomic E-state index is 0.143. The Balaban J connectivity index is 1.99. The van der Waals surface area contributed by atoms with Crippen LogP contribution in [0.15, 0.2) is 59.1 Å². The van der Waals surface area contributed by atoms with E-state index in [1.807, 2.05) is 55.5 Å². The maximum atomic E-state index is 12.4. The topological polar surface area (TPSA) is 42.0 Å². The fourth-order valence-corrected chi connectivity index (χ4v) is 2.67. The van der Waals surface area contributed by atoms with Crippen molar-refractivity contribution in [2.45, 2.75) is 6.92 Å². The Morgan fingerprint density at radius 2 is 1.86 bits per heavy atom. The van der Waals surface area contributed by atoms with Gasteiger partial charge in [0.1, 0.15) is 0 Å². The maximum Gasteiger partial charge on any atom is 0.256 e. The van der Waals surface area contributed by atoms with E-state index in [0.717, 1.165) is 26.8 Å². The molecular formula is C17H13BrN2O. The average molecular weight is 341 g/mol. The lowest BCUT2D eigenvalue weighted by Crippen LogP contribution is -2.12. The Hall–Kier alpha value is -2.20. The molecule has 3 aromatic rings. The molecule has 0 aliphatic carbocycles. The number of fused-ring (bicyclic) bond motifs is 1. The van der Waals surface area contributed by atoms with Gasteiger partial charge in [-0.2, -0.15) is 0 Å². The molecule has 0 saturated carbocycles.